The van der Waals surface area contributed by atoms with E-state index in [0.717, 1.165) is 51.3 Å². The van der Waals surface area contributed by atoms with Gasteiger partial charge >= 0.3 is 0 Å². The largest absolute Gasteiger partial charge is 0.388 e. The molecule has 7 heterocycles. The van der Waals surface area contributed by atoms with Crippen molar-refractivity contribution in [2.24, 2.45) is 0 Å². The lowest BCUT2D eigenvalue weighted by molar-refractivity contribution is 0.277. The predicted molar refractivity (Wildman–Crippen MR) is 184 cm³/mol. The molecule has 4 aromatic rings. The van der Waals surface area contributed by atoms with Crippen molar-refractivity contribution in [1.29, 1.82) is 0 Å². The molecular formula is C37H44N6O. The minimum Gasteiger partial charge on any atom is -0.388 e. The molecule has 7 nitrogen and oxygen atoms in total. The van der Waals surface area contributed by atoms with Gasteiger partial charge in [0.1, 0.15) is 0 Å². The molecule has 44 heavy (non-hydrogen) atoms. The highest BCUT2D eigenvalue weighted by atomic mass is 16.4. The summed E-state index contributed by atoms with van der Waals surface area (Å²) in [7, 11) is 5.44. The number of likely N-dealkylation sites (tertiary alicyclic amines) is 1. The summed E-state index contributed by atoms with van der Waals surface area (Å²) < 4.78 is 4.25. The fourth-order valence-corrected chi connectivity index (χ4v) is 5.76. The predicted octanol–water partition coefficient (Wildman–Crippen LogP) is 8.50. The molecule has 1 saturated heterocycles. The molecule has 7 heteroatoms. The highest BCUT2D eigenvalue weighted by Gasteiger charge is 2.22. The van der Waals surface area contributed by atoms with Gasteiger partial charge in [0, 0.05) is 54.7 Å². The van der Waals surface area contributed by atoms with Crippen LogP contribution in [0, 0.1) is 0 Å². The number of unbranched alkanes of at least 4 members (excludes halogenated alkanes) is 2. The van der Waals surface area contributed by atoms with Gasteiger partial charge in [0.05, 0.1) is 22.8 Å². The fraction of sp³-hybridized carbons (Fsp3) is 0.324. The molecule has 1 unspecified atom stereocenters. The Morgan fingerprint density at radius 1 is 0.818 bits per heavy atom. The van der Waals surface area contributed by atoms with Gasteiger partial charge in [-0.25, -0.2) is 9.97 Å². The van der Waals surface area contributed by atoms with Crippen LogP contribution in [0.4, 0.5) is 0 Å². The second-order valence-corrected chi connectivity index (χ2v) is 11.5. The molecule has 8 bridgehead atoms. The average Bonchev–Trinajstić information content (AvgIpc) is 3.86. The fourth-order valence-electron chi connectivity index (χ4n) is 5.76. The maximum absolute atomic E-state index is 4.76. The van der Waals surface area contributed by atoms with Crippen LogP contribution >= 0.6 is 0 Å². The number of methoxy groups -OCH3 is 1. The third kappa shape index (κ3) is 8.40. The second kappa shape index (κ2) is 15.4. The molecule has 2 N–H and O–H groups in total. The Bertz CT molecular complexity index is 1730. The number of H-pyrrole nitrogens is 2. The topological polar surface area (TPSA) is 82.7 Å². The van der Waals surface area contributed by atoms with Crippen LogP contribution in [0.3, 0.4) is 0 Å². The number of hydrogen-bond donors (Lipinski definition) is 2. The smallest absolute Gasteiger partial charge is 0.0659 e. The summed E-state index contributed by atoms with van der Waals surface area (Å²) in [5.74, 6) is 0. The average molecular weight is 589 g/mol. The van der Waals surface area contributed by atoms with E-state index in [9.17, 15) is 0 Å². The van der Waals surface area contributed by atoms with Crippen molar-refractivity contribution >= 4 is 46.4 Å². The van der Waals surface area contributed by atoms with Crippen molar-refractivity contribution in [2.45, 2.75) is 51.5 Å². The summed E-state index contributed by atoms with van der Waals surface area (Å²) in [5.41, 5.74) is 10.8. The van der Waals surface area contributed by atoms with Gasteiger partial charge in [0.15, 0.2) is 0 Å². The van der Waals surface area contributed by atoms with Crippen LogP contribution in [-0.2, 0) is 11.2 Å². The summed E-state index contributed by atoms with van der Waals surface area (Å²) in [5, 5.41) is 0. The highest BCUT2D eigenvalue weighted by molar-refractivity contribution is 5.78. The lowest BCUT2D eigenvalue weighted by Crippen LogP contribution is -2.17. The minimum absolute atomic E-state index is 0.610. The molecule has 1 atom stereocenters. The Balaban J connectivity index is 0.000000212. The first-order valence-electron chi connectivity index (χ1n) is 15.6. The van der Waals surface area contributed by atoms with E-state index in [-0.39, 0.29) is 0 Å². The Kier molecular flexibility index (Phi) is 10.9. The number of nitrogens with zero attached hydrogens (tertiary/aromatic N) is 4. The number of pyridine rings is 1. The summed E-state index contributed by atoms with van der Waals surface area (Å²) in [6.45, 7) is 3.46. The summed E-state index contributed by atoms with van der Waals surface area (Å²) in [6, 6.07) is 19.6. The Morgan fingerprint density at radius 2 is 1.50 bits per heavy atom. The van der Waals surface area contributed by atoms with Crippen LogP contribution < -0.4 is 0 Å². The van der Waals surface area contributed by atoms with E-state index in [1.807, 2.05) is 42.8 Å². The van der Waals surface area contributed by atoms with Gasteiger partial charge in [0.25, 0.3) is 0 Å². The Labute approximate surface area is 260 Å². The number of aromatic nitrogens is 5. The molecule has 0 saturated carbocycles. The molecule has 0 spiro atoms. The molecule has 0 aromatic carbocycles. The number of aryl methyl sites for hydroxylation is 1. The third-order valence-electron chi connectivity index (χ3n) is 7.89. The number of nitrogens with one attached hydrogen (secondary N) is 2. The van der Waals surface area contributed by atoms with Gasteiger partial charge in [-0.3, -0.25) is 9.88 Å². The van der Waals surface area contributed by atoms with Crippen LogP contribution in [0.15, 0.2) is 67.0 Å². The molecule has 4 aromatic heterocycles. The van der Waals surface area contributed by atoms with Gasteiger partial charge in [-0.05, 0) is 123 Å². The zero-order valence-corrected chi connectivity index (χ0v) is 26.4. The van der Waals surface area contributed by atoms with Crippen molar-refractivity contribution in [3.05, 3.63) is 101 Å². The van der Waals surface area contributed by atoms with Crippen molar-refractivity contribution in [3.63, 3.8) is 0 Å². The normalized spacial score (nSPS) is 15.4. The van der Waals surface area contributed by atoms with Gasteiger partial charge in [-0.1, -0.05) is 25.8 Å². The first-order chi connectivity index (χ1) is 21.5. The molecule has 1 fully saturated rings. The summed E-state index contributed by atoms with van der Waals surface area (Å²) in [6.07, 6.45) is 19.3. The van der Waals surface area contributed by atoms with Crippen molar-refractivity contribution in [3.8, 4) is 0 Å². The third-order valence-corrected chi connectivity index (χ3v) is 7.89. The van der Waals surface area contributed by atoms with Crippen LogP contribution in [0.2, 0.25) is 0 Å². The first kappa shape index (κ1) is 31.1. The SMILES string of the molecule is CCCCCc1cc2cc3ccc(cc4nc(cc5nc(cc1[nH]2)C=C5)C=C4)[nH]3.CN1CCCC1c1cccnc1.COC. The standard InChI is InChI=1S/C25H24N4.C10H14N2.C2H6O/c1-2-3-4-5-17-12-24-15-22-9-8-20(27-22)13-18-6-7-19(26-18)14-21-10-11-23(28-21)16-25(17)29-24;1-12-7-3-5-10(12)9-4-2-6-11-8-9;1-3-2/h6-16,27,29H,2-5H2,1H3;2,4,6,8,10H,3,5,7H2,1H3;1-2H3. The minimum atomic E-state index is 0.610. The molecule has 3 aliphatic rings. The summed E-state index contributed by atoms with van der Waals surface area (Å²) >= 11 is 0. The van der Waals surface area contributed by atoms with Crippen LogP contribution in [0.1, 0.15) is 79.0 Å². The van der Waals surface area contributed by atoms with Gasteiger partial charge in [0.2, 0.25) is 0 Å². The monoisotopic (exact) mass is 588 g/mol. The molecule has 228 valence electrons. The maximum atomic E-state index is 4.76. The van der Waals surface area contributed by atoms with E-state index >= 15 is 0 Å². The number of aromatic amines is 2. The van der Waals surface area contributed by atoms with Crippen LogP contribution in [0.25, 0.3) is 46.4 Å². The van der Waals surface area contributed by atoms with E-state index in [4.69, 9.17) is 4.98 Å². The lowest BCUT2D eigenvalue weighted by atomic mass is 10.1. The molecule has 0 amide bonds. The molecule has 7 rings (SSSR count). The zero-order valence-electron chi connectivity index (χ0n) is 26.4. The maximum Gasteiger partial charge on any atom is 0.0659 e. The number of rotatable bonds is 5. The van der Waals surface area contributed by atoms with Crippen LogP contribution in [0.5, 0.6) is 0 Å². The number of fused-ring (bicyclic) bond motifs is 8. The molecular weight excluding hydrogens is 544 g/mol. The van der Waals surface area contributed by atoms with Gasteiger partial charge in [-0.15, -0.1) is 0 Å². The van der Waals surface area contributed by atoms with Crippen molar-refractivity contribution < 1.29 is 4.74 Å². The Morgan fingerprint density at radius 3 is 2.14 bits per heavy atom. The molecule has 3 aliphatic heterocycles. The van der Waals surface area contributed by atoms with E-state index in [2.05, 4.69) is 92.1 Å². The van der Waals surface area contributed by atoms with E-state index in [1.165, 1.54) is 49.8 Å². The lowest BCUT2D eigenvalue weighted by Gasteiger charge is -2.18. The second-order valence-electron chi connectivity index (χ2n) is 11.5. The van der Waals surface area contributed by atoms with Crippen LogP contribution in [-0.4, -0.2) is 57.6 Å². The molecule has 0 aliphatic carbocycles. The van der Waals surface area contributed by atoms with Gasteiger partial charge in [-0.2, -0.15) is 0 Å². The van der Waals surface area contributed by atoms with E-state index in [1.54, 1.807) is 14.2 Å². The quantitative estimate of drug-likeness (QED) is 0.197. The van der Waals surface area contributed by atoms with Crippen molar-refractivity contribution in [1.82, 2.24) is 29.8 Å². The summed E-state index contributed by atoms with van der Waals surface area (Å²) in [4.78, 5) is 23.0. The number of ether oxygens (including phenoxy) is 1. The van der Waals surface area contributed by atoms with E-state index in [0.29, 0.717) is 6.04 Å². The Hall–Kier alpha value is -4.33. The highest BCUT2D eigenvalue weighted by Crippen LogP contribution is 2.29. The first-order valence-corrected chi connectivity index (χ1v) is 15.6. The number of hydrogen-bond acceptors (Lipinski definition) is 5. The van der Waals surface area contributed by atoms with E-state index < -0.39 is 0 Å². The molecule has 0 radical (unpaired) electrons. The zero-order chi connectivity index (χ0) is 30.7. The van der Waals surface area contributed by atoms with Crippen molar-refractivity contribution in [2.75, 3.05) is 27.8 Å². The van der Waals surface area contributed by atoms with Gasteiger partial charge < -0.3 is 14.7 Å².